The van der Waals surface area contributed by atoms with Crippen molar-refractivity contribution in [3.8, 4) is 0 Å². The van der Waals surface area contributed by atoms with Crippen LogP contribution in [0.25, 0.3) is 0 Å². The van der Waals surface area contributed by atoms with E-state index in [1.165, 1.54) is 6.92 Å². The first kappa shape index (κ1) is 22.6. The molecule has 2 rings (SSSR count). The highest BCUT2D eigenvalue weighted by molar-refractivity contribution is 7.86. The van der Waals surface area contributed by atoms with E-state index in [0.29, 0.717) is 0 Å². The molecule has 1 aliphatic heterocycles. The molecule has 0 spiro atoms. The normalized spacial score (nSPS) is 23.8. The summed E-state index contributed by atoms with van der Waals surface area (Å²) in [6, 6.07) is 8.24. The molecule has 1 aliphatic rings. The van der Waals surface area contributed by atoms with Gasteiger partial charge in [-0.05, 0) is 26.3 Å². The molecule has 1 aromatic carbocycles. The first-order chi connectivity index (χ1) is 13.0. The molecule has 2 N–H and O–H groups in total. The van der Waals surface area contributed by atoms with Gasteiger partial charge in [-0.2, -0.15) is 8.42 Å². The Hall–Kier alpha value is -1.72. The van der Waals surface area contributed by atoms with Crippen molar-refractivity contribution < 1.29 is 36.7 Å². The molecule has 0 aliphatic carbocycles. The number of amides is 1. The summed E-state index contributed by atoms with van der Waals surface area (Å²) in [6.07, 6.45) is -2.38. The van der Waals surface area contributed by atoms with Gasteiger partial charge >= 0.3 is 6.09 Å². The zero-order valence-corrected chi connectivity index (χ0v) is 17.1. The number of nitrogens with one attached hydrogen (secondary N) is 1. The summed E-state index contributed by atoms with van der Waals surface area (Å²) in [6.45, 7) is 4.41. The minimum atomic E-state index is -3.73. The number of hydrogen-bond acceptors (Lipinski definition) is 8. The molecular formula is C18H27NO8S. The van der Waals surface area contributed by atoms with Gasteiger partial charge in [-0.3, -0.25) is 4.18 Å². The summed E-state index contributed by atoms with van der Waals surface area (Å²) in [4.78, 5) is 12.1. The number of aliphatic hydroxyl groups excluding tert-OH is 1. The molecule has 1 amide bonds. The summed E-state index contributed by atoms with van der Waals surface area (Å²) < 4.78 is 44.6. The first-order valence-electron chi connectivity index (χ1n) is 8.83. The minimum Gasteiger partial charge on any atom is -0.445 e. The van der Waals surface area contributed by atoms with Crippen LogP contribution in [0.1, 0.15) is 26.3 Å². The van der Waals surface area contributed by atoms with E-state index in [2.05, 4.69) is 5.32 Å². The summed E-state index contributed by atoms with van der Waals surface area (Å²) in [7, 11) is -3.73. The highest BCUT2D eigenvalue weighted by Crippen LogP contribution is 2.33. The fourth-order valence-electron chi connectivity index (χ4n) is 2.97. The molecule has 1 aromatic rings. The molecule has 0 unspecified atom stereocenters. The Kier molecular flexibility index (Phi) is 7.40. The lowest BCUT2D eigenvalue weighted by Crippen LogP contribution is -2.52. The standard InChI is InChI=1S/C18H27NO8S/c1-12(27-28(4,22)23)15-16(26-18(2,3)25-15)14(10-20)19-17(21)24-11-13-8-6-5-7-9-13/h5-9,12,14-16,20H,10-11H2,1-4H3,(H,19,21)/t12-,14-,15+,16+/m0/s1. The van der Waals surface area contributed by atoms with Crippen LogP contribution < -0.4 is 5.32 Å². The molecule has 0 bridgehead atoms. The third-order valence-corrected chi connectivity index (χ3v) is 4.72. The second kappa shape index (κ2) is 9.19. The lowest BCUT2D eigenvalue weighted by Gasteiger charge is -2.28. The Morgan fingerprint density at radius 2 is 1.86 bits per heavy atom. The Bertz CT molecular complexity index is 752. The fourth-order valence-corrected chi connectivity index (χ4v) is 3.63. The number of carbonyl (C=O) groups excluding carboxylic acids is 1. The number of benzene rings is 1. The molecule has 158 valence electrons. The Morgan fingerprint density at radius 1 is 1.25 bits per heavy atom. The van der Waals surface area contributed by atoms with E-state index in [1.54, 1.807) is 13.8 Å². The van der Waals surface area contributed by atoms with Crippen LogP contribution in [-0.2, 0) is 35.1 Å². The SMILES string of the molecule is C[C@H](OS(C)(=O)=O)[C@H]1OC(C)(C)O[C@@H]1[C@H](CO)NC(=O)OCc1ccccc1. The van der Waals surface area contributed by atoms with Crippen molar-refractivity contribution >= 4 is 16.2 Å². The van der Waals surface area contributed by atoms with Crippen molar-refractivity contribution in [1.82, 2.24) is 5.32 Å². The van der Waals surface area contributed by atoms with Crippen LogP contribution >= 0.6 is 0 Å². The number of hydrogen-bond donors (Lipinski definition) is 2. The van der Waals surface area contributed by atoms with Gasteiger partial charge in [-0.1, -0.05) is 30.3 Å². The largest absolute Gasteiger partial charge is 0.445 e. The molecule has 28 heavy (non-hydrogen) atoms. The molecular weight excluding hydrogens is 390 g/mol. The molecule has 1 fully saturated rings. The number of rotatable bonds is 8. The molecule has 1 saturated heterocycles. The third kappa shape index (κ3) is 6.71. The van der Waals surface area contributed by atoms with Crippen LogP contribution in [0.2, 0.25) is 0 Å². The lowest BCUT2D eigenvalue weighted by molar-refractivity contribution is -0.154. The maximum absolute atomic E-state index is 12.1. The van der Waals surface area contributed by atoms with Crippen molar-refractivity contribution in [1.29, 1.82) is 0 Å². The Labute approximate surface area is 165 Å². The van der Waals surface area contributed by atoms with E-state index in [9.17, 15) is 18.3 Å². The highest BCUT2D eigenvalue weighted by atomic mass is 32.2. The summed E-state index contributed by atoms with van der Waals surface area (Å²) >= 11 is 0. The maximum atomic E-state index is 12.1. The average Bonchev–Trinajstić information content (AvgIpc) is 2.93. The van der Waals surface area contributed by atoms with Gasteiger partial charge in [-0.15, -0.1) is 0 Å². The zero-order valence-electron chi connectivity index (χ0n) is 16.3. The van der Waals surface area contributed by atoms with Crippen molar-refractivity contribution in [3.05, 3.63) is 35.9 Å². The van der Waals surface area contributed by atoms with Gasteiger partial charge in [-0.25, -0.2) is 4.79 Å². The molecule has 10 heteroatoms. The van der Waals surface area contributed by atoms with Gasteiger partial charge in [0, 0.05) is 0 Å². The van der Waals surface area contributed by atoms with Crippen molar-refractivity contribution in [2.24, 2.45) is 0 Å². The van der Waals surface area contributed by atoms with E-state index in [1.807, 2.05) is 30.3 Å². The molecule has 0 radical (unpaired) electrons. The topological polar surface area (TPSA) is 120 Å². The minimum absolute atomic E-state index is 0.0648. The van der Waals surface area contributed by atoms with Crippen molar-refractivity contribution in [2.45, 2.75) is 57.5 Å². The lowest BCUT2D eigenvalue weighted by atomic mass is 10.0. The average molecular weight is 417 g/mol. The van der Waals surface area contributed by atoms with Crippen LogP contribution in [0.15, 0.2) is 30.3 Å². The summed E-state index contributed by atoms with van der Waals surface area (Å²) in [5, 5.41) is 12.3. The van der Waals surface area contributed by atoms with E-state index in [4.69, 9.17) is 18.4 Å². The van der Waals surface area contributed by atoms with Gasteiger partial charge in [0.25, 0.3) is 10.1 Å². The molecule has 0 aromatic heterocycles. The quantitative estimate of drug-likeness (QED) is 0.605. The molecule has 4 atom stereocenters. The second-order valence-electron chi connectivity index (χ2n) is 7.07. The van der Waals surface area contributed by atoms with Crippen molar-refractivity contribution in [2.75, 3.05) is 12.9 Å². The highest BCUT2D eigenvalue weighted by Gasteiger charge is 2.48. The zero-order chi connectivity index (χ0) is 20.9. The first-order valence-corrected chi connectivity index (χ1v) is 10.6. The van der Waals surface area contributed by atoms with E-state index in [0.717, 1.165) is 11.8 Å². The van der Waals surface area contributed by atoms with Gasteiger partial charge in [0.15, 0.2) is 5.79 Å². The van der Waals surface area contributed by atoms with Crippen LogP contribution in [-0.4, -0.2) is 62.6 Å². The fraction of sp³-hybridized carbons (Fsp3) is 0.611. The Morgan fingerprint density at radius 3 is 2.43 bits per heavy atom. The monoisotopic (exact) mass is 417 g/mol. The molecule has 9 nitrogen and oxygen atoms in total. The third-order valence-electron chi connectivity index (χ3n) is 4.06. The summed E-state index contributed by atoms with van der Waals surface area (Å²) in [5.41, 5.74) is 0.813. The maximum Gasteiger partial charge on any atom is 0.407 e. The number of ether oxygens (including phenoxy) is 3. The van der Waals surface area contributed by atoms with Gasteiger partial charge in [0.1, 0.15) is 24.9 Å². The Balaban J connectivity index is 2.03. The number of aliphatic hydroxyl groups is 1. The molecule has 1 heterocycles. The number of alkyl carbamates (subject to hydrolysis) is 1. The van der Waals surface area contributed by atoms with Crippen molar-refractivity contribution in [3.63, 3.8) is 0 Å². The van der Waals surface area contributed by atoms with Crippen LogP contribution in [0.4, 0.5) is 4.79 Å². The van der Waals surface area contributed by atoms with Gasteiger partial charge < -0.3 is 24.6 Å². The van der Waals surface area contributed by atoms with E-state index in [-0.39, 0.29) is 6.61 Å². The van der Waals surface area contributed by atoms with E-state index >= 15 is 0 Å². The molecule has 0 saturated carbocycles. The summed E-state index contributed by atoms with van der Waals surface area (Å²) in [5.74, 6) is -1.05. The second-order valence-corrected chi connectivity index (χ2v) is 8.67. The van der Waals surface area contributed by atoms with E-state index < -0.39 is 53.0 Å². The van der Waals surface area contributed by atoms with Crippen LogP contribution in [0.3, 0.4) is 0 Å². The van der Waals surface area contributed by atoms with Crippen LogP contribution in [0.5, 0.6) is 0 Å². The predicted molar refractivity (Wildman–Crippen MR) is 99.9 cm³/mol. The predicted octanol–water partition coefficient (Wildman–Crippen LogP) is 1.16. The van der Waals surface area contributed by atoms with Gasteiger partial charge in [0.05, 0.1) is 18.9 Å². The van der Waals surface area contributed by atoms with Gasteiger partial charge in [0.2, 0.25) is 0 Å². The smallest absolute Gasteiger partial charge is 0.407 e. The number of carbonyl (C=O) groups is 1. The van der Waals surface area contributed by atoms with Crippen LogP contribution in [0, 0.1) is 0 Å².